The lowest BCUT2D eigenvalue weighted by Gasteiger charge is -2.57. The molecule has 1 unspecified atom stereocenters. The highest BCUT2D eigenvalue weighted by Gasteiger charge is 2.50. The zero-order chi connectivity index (χ0) is 12.0. The smallest absolute Gasteiger partial charge is 0.0599 e. The molecule has 3 heteroatoms. The topological polar surface area (TPSA) is 49.5 Å². The molecule has 3 N–H and O–H groups in total. The van der Waals surface area contributed by atoms with Gasteiger partial charge in [0, 0.05) is 18.6 Å². The fourth-order valence-electron chi connectivity index (χ4n) is 5.17. The van der Waals surface area contributed by atoms with Crippen LogP contribution < -0.4 is 5.73 Å². The van der Waals surface area contributed by atoms with E-state index in [0.29, 0.717) is 12.6 Å². The molecule has 0 spiro atoms. The number of nitrogens with two attached hydrogens (primary N) is 1. The fraction of sp³-hybridized carbons (Fsp3) is 1.00. The molecule has 4 bridgehead atoms. The number of aliphatic hydroxyl groups excluding tert-OH is 1. The number of aliphatic hydroxyl groups is 1. The first kappa shape index (κ1) is 11.9. The third-order valence-corrected chi connectivity index (χ3v) is 5.71. The van der Waals surface area contributed by atoms with E-state index in [2.05, 4.69) is 11.9 Å². The number of hydrogen-bond acceptors (Lipinski definition) is 3. The van der Waals surface area contributed by atoms with E-state index in [9.17, 15) is 5.11 Å². The molecule has 3 nitrogen and oxygen atoms in total. The first-order chi connectivity index (χ1) is 8.22. The van der Waals surface area contributed by atoms with Crippen LogP contribution in [0.4, 0.5) is 0 Å². The average Bonchev–Trinajstić information content (AvgIpc) is 2.29. The summed E-state index contributed by atoms with van der Waals surface area (Å²) >= 11 is 0. The summed E-state index contributed by atoms with van der Waals surface area (Å²) in [6, 6.07) is 0.862. The Balaban J connectivity index is 1.75. The van der Waals surface area contributed by atoms with Gasteiger partial charge in [-0.1, -0.05) is 0 Å². The number of nitrogens with zero attached hydrogens (tertiary/aromatic N) is 1. The maximum absolute atomic E-state index is 9.43. The van der Waals surface area contributed by atoms with Gasteiger partial charge < -0.3 is 10.8 Å². The quantitative estimate of drug-likeness (QED) is 0.770. The minimum Gasteiger partial charge on any atom is -0.395 e. The minimum absolute atomic E-state index is 0.164. The molecule has 1 atom stereocenters. The van der Waals surface area contributed by atoms with Gasteiger partial charge in [-0.15, -0.1) is 0 Å². The van der Waals surface area contributed by atoms with Gasteiger partial charge in [-0.3, -0.25) is 4.90 Å². The van der Waals surface area contributed by atoms with Crippen LogP contribution in [0.3, 0.4) is 0 Å². The van der Waals surface area contributed by atoms with Crippen LogP contribution in [-0.4, -0.2) is 42.3 Å². The van der Waals surface area contributed by atoms with Crippen LogP contribution in [-0.2, 0) is 0 Å². The van der Waals surface area contributed by atoms with Crippen molar-refractivity contribution in [2.75, 3.05) is 20.2 Å². The Morgan fingerprint density at radius 2 is 1.65 bits per heavy atom. The molecule has 4 fully saturated rings. The van der Waals surface area contributed by atoms with E-state index >= 15 is 0 Å². The van der Waals surface area contributed by atoms with Gasteiger partial charge in [0.1, 0.15) is 0 Å². The van der Waals surface area contributed by atoms with Crippen molar-refractivity contribution < 1.29 is 5.11 Å². The number of rotatable bonds is 4. The summed E-state index contributed by atoms with van der Waals surface area (Å²) in [6.45, 7) is 0.783. The molecular formula is C14H26N2O. The van der Waals surface area contributed by atoms with Gasteiger partial charge in [0.05, 0.1) is 6.61 Å². The molecule has 0 radical (unpaired) electrons. The molecular weight excluding hydrogens is 212 g/mol. The molecule has 0 aromatic carbocycles. The van der Waals surface area contributed by atoms with E-state index in [1.54, 1.807) is 0 Å². The van der Waals surface area contributed by atoms with Crippen LogP contribution in [0.5, 0.6) is 0 Å². The Labute approximate surface area is 104 Å². The van der Waals surface area contributed by atoms with Crippen molar-refractivity contribution in [3.63, 3.8) is 0 Å². The first-order valence-electron chi connectivity index (χ1n) is 7.25. The van der Waals surface area contributed by atoms with Gasteiger partial charge >= 0.3 is 0 Å². The number of likely N-dealkylation sites (N-methyl/N-ethyl adjacent to an activating group) is 1. The summed E-state index contributed by atoms with van der Waals surface area (Å²) in [4.78, 5) is 2.41. The lowest BCUT2D eigenvalue weighted by molar-refractivity contribution is -0.0735. The van der Waals surface area contributed by atoms with Crippen LogP contribution in [0.1, 0.15) is 32.1 Å². The van der Waals surface area contributed by atoms with Gasteiger partial charge in [-0.25, -0.2) is 0 Å². The lowest BCUT2D eigenvalue weighted by atomic mass is 9.54. The third-order valence-electron chi connectivity index (χ3n) is 5.71. The van der Waals surface area contributed by atoms with E-state index in [0.717, 1.165) is 23.7 Å². The lowest BCUT2D eigenvalue weighted by Crippen LogP contribution is -2.59. The Bertz CT molecular complexity index is 249. The summed E-state index contributed by atoms with van der Waals surface area (Å²) in [5.41, 5.74) is 5.78. The SMILES string of the molecule is CN(C(CN)CO)C1C2CC3CC(C2)CC1C3. The molecule has 4 saturated carbocycles. The van der Waals surface area contributed by atoms with Crippen molar-refractivity contribution >= 4 is 0 Å². The summed E-state index contributed by atoms with van der Waals surface area (Å²) in [7, 11) is 2.18. The van der Waals surface area contributed by atoms with Crippen molar-refractivity contribution in [1.29, 1.82) is 0 Å². The van der Waals surface area contributed by atoms with Crippen LogP contribution in [0.25, 0.3) is 0 Å². The summed E-state index contributed by atoms with van der Waals surface area (Å²) in [5, 5.41) is 9.43. The highest BCUT2D eigenvalue weighted by molar-refractivity contribution is 5.02. The zero-order valence-electron chi connectivity index (χ0n) is 10.9. The van der Waals surface area contributed by atoms with E-state index < -0.39 is 0 Å². The Hall–Kier alpha value is -0.120. The van der Waals surface area contributed by atoms with Crippen molar-refractivity contribution in [2.45, 2.75) is 44.2 Å². The van der Waals surface area contributed by atoms with Crippen molar-refractivity contribution in [1.82, 2.24) is 4.90 Å². The maximum atomic E-state index is 9.43. The van der Waals surface area contributed by atoms with Crippen LogP contribution in [0, 0.1) is 23.7 Å². The molecule has 4 rings (SSSR count). The predicted molar refractivity (Wildman–Crippen MR) is 68.5 cm³/mol. The van der Waals surface area contributed by atoms with Crippen LogP contribution in [0.2, 0.25) is 0 Å². The van der Waals surface area contributed by atoms with Gasteiger partial charge in [0.25, 0.3) is 0 Å². The molecule has 17 heavy (non-hydrogen) atoms. The highest BCUT2D eigenvalue weighted by Crippen LogP contribution is 2.55. The van der Waals surface area contributed by atoms with Crippen molar-refractivity contribution in [3.05, 3.63) is 0 Å². The van der Waals surface area contributed by atoms with E-state index in [1.165, 1.54) is 32.1 Å². The zero-order valence-corrected chi connectivity index (χ0v) is 10.9. The fourth-order valence-corrected chi connectivity index (χ4v) is 5.17. The summed E-state index contributed by atoms with van der Waals surface area (Å²) in [5.74, 6) is 3.81. The predicted octanol–water partition coefficient (Wildman–Crippen LogP) is 1.06. The van der Waals surface area contributed by atoms with Gasteiger partial charge in [-0.2, -0.15) is 0 Å². The van der Waals surface area contributed by atoms with Crippen molar-refractivity contribution in [2.24, 2.45) is 29.4 Å². The van der Waals surface area contributed by atoms with E-state index in [1.807, 2.05) is 0 Å². The molecule has 0 heterocycles. The summed E-state index contributed by atoms with van der Waals surface area (Å²) in [6.07, 6.45) is 7.24. The number of hydrogen-bond donors (Lipinski definition) is 2. The van der Waals surface area contributed by atoms with E-state index in [4.69, 9.17) is 5.73 Å². The third kappa shape index (κ3) is 1.92. The second-order valence-electron chi connectivity index (χ2n) is 6.66. The molecule has 4 aliphatic rings. The Morgan fingerprint density at radius 1 is 1.12 bits per heavy atom. The molecule has 4 aliphatic carbocycles. The molecule has 0 aliphatic heterocycles. The van der Waals surface area contributed by atoms with Gasteiger partial charge in [0.2, 0.25) is 0 Å². The standard InChI is InChI=1S/C14H26N2O/c1-16(13(7-15)8-17)14-11-3-9-2-10(5-11)6-12(14)4-9/h9-14,17H,2-8,15H2,1H3. The van der Waals surface area contributed by atoms with E-state index in [-0.39, 0.29) is 12.6 Å². The molecule has 0 aromatic rings. The largest absolute Gasteiger partial charge is 0.395 e. The Morgan fingerprint density at radius 3 is 2.06 bits per heavy atom. The van der Waals surface area contributed by atoms with Crippen LogP contribution in [0.15, 0.2) is 0 Å². The maximum Gasteiger partial charge on any atom is 0.0599 e. The molecule has 0 aromatic heterocycles. The molecule has 98 valence electrons. The highest BCUT2D eigenvalue weighted by atomic mass is 16.3. The van der Waals surface area contributed by atoms with Gasteiger partial charge in [0.15, 0.2) is 0 Å². The van der Waals surface area contributed by atoms with Crippen molar-refractivity contribution in [3.8, 4) is 0 Å². The summed E-state index contributed by atoms with van der Waals surface area (Å²) < 4.78 is 0. The normalized spacial score (nSPS) is 45.5. The van der Waals surface area contributed by atoms with Crippen LogP contribution >= 0.6 is 0 Å². The molecule has 0 amide bonds. The second-order valence-corrected chi connectivity index (χ2v) is 6.66. The average molecular weight is 238 g/mol. The second kappa shape index (κ2) is 4.52. The molecule has 0 saturated heterocycles. The van der Waals surface area contributed by atoms with Gasteiger partial charge in [-0.05, 0) is 62.8 Å². The first-order valence-corrected chi connectivity index (χ1v) is 7.25. The Kier molecular flexibility index (Phi) is 3.18. The monoisotopic (exact) mass is 238 g/mol. The minimum atomic E-state index is 0.164.